The van der Waals surface area contributed by atoms with Crippen LogP contribution in [0.2, 0.25) is 0 Å². The zero-order valence-corrected chi connectivity index (χ0v) is 12.7. The van der Waals surface area contributed by atoms with Crippen molar-refractivity contribution in [1.29, 1.82) is 0 Å². The molecule has 21 heavy (non-hydrogen) atoms. The van der Waals surface area contributed by atoms with Crippen LogP contribution in [0.3, 0.4) is 0 Å². The van der Waals surface area contributed by atoms with Gasteiger partial charge in [-0.1, -0.05) is 12.8 Å². The molecule has 2 saturated carbocycles. The molecule has 1 saturated heterocycles. The molecule has 3 aliphatic rings. The van der Waals surface area contributed by atoms with Crippen LogP contribution in [-0.4, -0.2) is 33.3 Å². The van der Waals surface area contributed by atoms with E-state index in [1.807, 2.05) is 4.90 Å². The molecular formula is C15H19N3O2S. The van der Waals surface area contributed by atoms with Gasteiger partial charge in [0, 0.05) is 11.1 Å². The lowest BCUT2D eigenvalue weighted by Crippen LogP contribution is -2.69. The molecule has 1 unspecified atom stereocenters. The lowest BCUT2D eigenvalue weighted by atomic mass is 9.88. The Morgan fingerprint density at radius 2 is 2.10 bits per heavy atom. The quantitative estimate of drug-likeness (QED) is 0.924. The fraction of sp³-hybridized carbons (Fsp3) is 0.667. The van der Waals surface area contributed by atoms with Crippen molar-refractivity contribution < 1.29 is 9.59 Å². The first kappa shape index (κ1) is 13.2. The lowest BCUT2D eigenvalue weighted by molar-refractivity contribution is -0.158. The van der Waals surface area contributed by atoms with Gasteiger partial charge < -0.3 is 10.2 Å². The van der Waals surface area contributed by atoms with Gasteiger partial charge in [0.25, 0.3) is 0 Å². The number of amides is 2. The van der Waals surface area contributed by atoms with Crippen LogP contribution in [0.5, 0.6) is 0 Å². The normalized spacial score (nSPS) is 28.2. The molecule has 1 atom stereocenters. The van der Waals surface area contributed by atoms with Gasteiger partial charge in [-0.05, 0) is 31.6 Å². The minimum Gasteiger partial charge on any atom is -0.342 e. The zero-order valence-electron chi connectivity index (χ0n) is 11.9. The van der Waals surface area contributed by atoms with E-state index in [1.54, 1.807) is 23.0 Å². The number of thiazole rings is 1. The van der Waals surface area contributed by atoms with Gasteiger partial charge in [-0.15, -0.1) is 11.3 Å². The first-order valence-corrected chi connectivity index (χ1v) is 8.58. The molecule has 4 rings (SSSR count). The summed E-state index contributed by atoms with van der Waals surface area (Å²) < 4.78 is 0. The SMILES string of the molecule is O=C1C(C2CC2)NC(=O)C2(CCCC2)N1Cc1cncs1. The highest BCUT2D eigenvalue weighted by atomic mass is 32.1. The van der Waals surface area contributed by atoms with Gasteiger partial charge in [-0.3, -0.25) is 14.6 Å². The Kier molecular flexibility index (Phi) is 3.03. The van der Waals surface area contributed by atoms with E-state index in [9.17, 15) is 9.59 Å². The van der Waals surface area contributed by atoms with Crippen molar-refractivity contribution in [3.05, 3.63) is 16.6 Å². The number of carbonyl (C=O) groups is 2. The first-order valence-electron chi connectivity index (χ1n) is 7.70. The standard InChI is InChI=1S/C15H19N3O2S/c19-13-12(10-3-4-10)17-14(20)15(5-1-2-6-15)18(13)8-11-7-16-9-21-11/h7,9-10,12H,1-6,8H2,(H,17,20). The summed E-state index contributed by atoms with van der Waals surface area (Å²) in [7, 11) is 0. The van der Waals surface area contributed by atoms with E-state index >= 15 is 0 Å². The number of hydrogen-bond acceptors (Lipinski definition) is 4. The molecule has 1 spiro atoms. The number of nitrogens with zero attached hydrogens (tertiary/aromatic N) is 2. The van der Waals surface area contributed by atoms with E-state index in [1.165, 1.54) is 0 Å². The Hall–Kier alpha value is -1.43. The van der Waals surface area contributed by atoms with E-state index in [0.717, 1.165) is 43.4 Å². The third kappa shape index (κ3) is 2.08. The minimum absolute atomic E-state index is 0.0704. The zero-order chi connectivity index (χ0) is 14.4. The number of rotatable bonds is 3. The summed E-state index contributed by atoms with van der Waals surface area (Å²) >= 11 is 1.55. The van der Waals surface area contributed by atoms with Crippen molar-refractivity contribution in [2.24, 2.45) is 5.92 Å². The second kappa shape index (κ2) is 4.80. The number of nitrogens with one attached hydrogen (secondary N) is 1. The van der Waals surface area contributed by atoms with Gasteiger partial charge in [-0.2, -0.15) is 0 Å². The summed E-state index contributed by atoms with van der Waals surface area (Å²) in [4.78, 5) is 32.7. The molecular weight excluding hydrogens is 286 g/mol. The second-order valence-electron chi connectivity index (χ2n) is 6.42. The fourth-order valence-corrected chi connectivity index (χ4v) is 4.33. The second-order valence-corrected chi connectivity index (χ2v) is 7.39. The van der Waals surface area contributed by atoms with E-state index < -0.39 is 5.54 Å². The van der Waals surface area contributed by atoms with Gasteiger partial charge in [0.1, 0.15) is 11.6 Å². The summed E-state index contributed by atoms with van der Waals surface area (Å²) in [6, 6.07) is -0.295. The monoisotopic (exact) mass is 305 g/mol. The molecule has 1 aromatic heterocycles. The number of aromatic nitrogens is 1. The number of hydrogen-bond donors (Lipinski definition) is 1. The molecule has 0 bridgehead atoms. The van der Waals surface area contributed by atoms with Crippen molar-refractivity contribution >= 4 is 23.2 Å². The first-order chi connectivity index (χ1) is 10.2. The van der Waals surface area contributed by atoms with Crippen molar-refractivity contribution in [3.63, 3.8) is 0 Å². The molecule has 6 heteroatoms. The summed E-state index contributed by atoms with van der Waals surface area (Å²) in [6.07, 6.45) is 7.54. The van der Waals surface area contributed by atoms with Crippen LogP contribution in [0, 0.1) is 5.92 Å². The molecule has 3 fully saturated rings. The topological polar surface area (TPSA) is 62.3 Å². The molecule has 1 aromatic rings. The number of piperazine rings is 1. The lowest BCUT2D eigenvalue weighted by Gasteiger charge is -2.46. The smallest absolute Gasteiger partial charge is 0.246 e. The van der Waals surface area contributed by atoms with Crippen molar-refractivity contribution in [2.45, 2.75) is 56.7 Å². The van der Waals surface area contributed by atoms with Gasteiger partial charge >= 0.3 is 0 Å². The summed E-state index contributed by atoms with van der Waals surface area (Å²) in [6.45, 7) is 0.528. The predicted molar refractivity (Wildman–Crippen MR) is 78.5 cm³/mol. The third-order valence-corrected chi connectivity index (χ3v) is 5.84. The van der Waals surface area contributed by atoms with E-state index in [4.69, 9.17) is 0 Å². The Labute approximate surface area is 127 Å². The van der Waals surface area contributed by atoms with Gasteiger partial charge in [0.2, 0.25) is 11.8 Å². The maximum atomic E-state index is 12.9. The van der Waals surface area contributed by atoms with Crippen LogP contribution >= 0.6 is 11.3 Å². The van der Waals surface area contributed by atoms with Crippen LogP contribution in [0.25, 0.3) is 0 Å². The molecule has 1 aliphatic heterocycles. The highest BCUT2D eigenvalue weighted by Gasteiger charge is 2.56. The predicted octanol–water partition coefficient (Wildman–Crippen LogP) is 1.69. The molecule has 1 N–H and O–H groups in total. The van der Waals surface area contributed by atoms with E-state index in [2.05, 4.69) is 10.3 Å². The van der Waals surface area contributed by atoms with Crippen LogP contribution in [-0.2, 0) is 16.1 Å². The highest BCUT2D eigenvalue weighted by molar-refractivity contribution is 7.09. The van der Waals surface area contributed by atoms with Crippen LogP contribution < -0.4 is 5.32 Å². The van der Waals surface area contributed by atoms with Gasteiger partial charge in [0.05, 0.1) is 12.1 Å². The summed E-state index contributed by atoms with van der Waals surface area (Å²) in [5.41, 5.74) is 1.18. The summed E-state index contributed by atoms with van der Waals surface area (Å²) in [5.74, 6) is 0.539. The van der Waals surface area contributed by atoms with Crippen molar-refractivity contribution in [2.75, 3.05) is 0 Å². The third-order valence-electron chi connectivity index (χ3n) is 5.08. The van der Waals surface area contributed by atoms with Crippen LogP contribution in [0.1, 0.15) is 43.4 Å². The number of carbonyl (C=O) groups excluding carboxylic acids is 2. The fourth-order valence-electron chi connectivity index (χ4n) is 3.75. The Bertz CT molecular complexity index is 561. The summed E-state index contributed by atoms with van der Waals surface area (Å²) in [5, 5.41) is 3.03. The molecule has 5 nitrogen and oxygen atoms in total. The van der Waals surface area contributed by atoms with E-state index in [0.29, 0.717) is 12.5 Å². The molecule has 0 radical (unpaired) electrons. The van der Waals surface area contributed by atoms with Crippen LogP contribution in [0.4, 0.5) is 0 Å². The van der Waals surface area contributed by atoms with E-state index in [-0.39, 0.29) is 17.9 Å². The molecule has 2 amide bonds. The van der Waals surface area contributed by atoms with Crippen molar-refractivity contribution in [3.8, 4) is 0 Å². The average Bonchev–Trinajstić information content (AvgIpc) is 2.99. The van der Waals surface area contributed by atoms with Crippen molar-refractivity contribution in [1.82, 2.24) is 15.2 Å². The molecule has 2 aliphatic carbocycles. The largest absolute Gasteiger partial charge is 0.342 e. The highest BCUT2D eigenvalue weighted by Crippen LogP contribution is 2.43. The average molecular weight is 305 g/mol. The Balaban J connectivity index is 1.68. The Morgan fingerprint density at radius 1 is 1.33 bits per heavy atom. The molecule has 0 aromatic carbocycles. The molecule has 2 heterocycles. The maximum Gasteiger partial charge on any atom is 0.246 e. The van der Waals surface area contributed by atoms with Gasteiger partial charge in [-0.25, -0.2) is 0 Å². The minimum atomic E-state index is -0.605. The van der Waals surface area contributed by atoms with Gasteiger partial charge in [0.15, 0.2) is 0 Å². The van der Waals surface area contributed by atoms with Crippen LogP contribution in [0.15, 0.2) is 11.7 Å². The Morgan fingerprint density at radius 3 is 2.71 bits per heavy atom. The maximum absolute atomic E-state index is 12.9. The molecule has 112 valence electrons.